The number of fused-ring (bicyclic) bond motifs is 1. The summed E-state index contributed by atoms with van der Waals surface area (Å²) in [5, 5.41) is 2.99. The van der Waals surface area contributed by atoms with Crippen molar-refractivity contribution < 1.29 is 19.0 Å². The van der Waals surface area contributed by atoms with Gasteiger partial charge in [0.2, 0.25) is 0 Å². The third-order valence-electron chi connectivity index (χ3n) is 4.33. The van der Waals surface area contributed by atoms with E-state index in [0.29, 0.717) is 19.0 Å². The molecule has 0 spiro atoms. The Bertz CT molecular complexity index is 757. The van der Waals surface area contributed by atoms with Crippen molar-refractivity contribution in [3.63, 3.8) is 0 Å². The summed E-state index contributed by atoms with van der Waals surface area (Å²) in [5.74, 6) is 2.00. The van der Waals surface area contributed by atoms with Crippen LogP contribution in [0.15, 0.2) is 42.5 Å². The number of hydrogen-bond donors (Lipinski definition) is 1. The first-order valence-electron chi connectivity index (χ1n) is 8.96. The van der Waals surface area contributed by atoms with E-state index in [2.05, 4.69) is 5.32 Å². The number of hydrogen-bond acceptors (Lipinski definition) is 4. The Morgan fingerprint density at radius 2 is 1.73 bits per heavy atom. The lowest BCUT2D eigenvalue weighted by molar-refractivity contribution is -0.127. The van der Waals surface area contributed by atoms with Crippen LogP contribution in [0.1, 0.15) is 37.4 Å². The molecule has 5 heteroatoms. The average Bonchev–Trinajstić information content (AvgIpc) is 2.88. The standard InChI is InChI=1S/C21H25NO4/c1-14-5-8-18(9-6-14)26-16(3)21(23)22-15(2)17-7-10-19-20(13-17)25-12-4-11-24-19/h5-10,13,15-16H,4,11-12H2,1-3H3,(H,22,23). The van der Waals surface area contributed by atoms with Crippen molar-refractivity contribution in [2.75, 3.05) is 13.2 Å². The van der Waals surface area contributed by atoms with Gasteiger partial charge in [-0.2, -0.15) is 0 Å². The summed E-state index contributed by atoms with van der Waals surface area (Å²) in [6.07, 6.45) is 0.282. The summed E-state index contributed by atoms with van der Waals surface area (Å²) in [6, 6.07) is 13.3. The van der Waals surface area contributed by atoms with E-state index < -0.39 is 6.10 Å². The largest absolute Gasteiger partial charge is 0.490 e. The van der Waals surface area contributed by atoms with Crippen LogP contribution in [-0.2, 0) is 4.79 Å². The Hall–Kier alpha value is -2.69. The Morgan fingerprint density at radius 1 is 1.04 bits per heavy atom. The molecule has 1 amide bonds. The summed E-state index contributed by atoms with van der Waals surface area (Å²) >= 11 is 0. The first-order chi connectivity index (χ1) is 12.5. The molecule has 0 aliphatic carbocycles. The highest BCUT2D eigenvalue weighted by atomic mass is 16.5. The maximum absolute atomic E-state index is 12.4. The molecule has 0 bridgehead atoms. The number of carbonyl (C=O) groups is 1. The third-order valence-corrected chi connectivity index (χ3v) is 4.33. The molecular weight excluding hydrogens is 330 g/mol. The maximum atomic E-state index is 12.4. The van der Waals surface area contributed by atoms with E-state index in [9.17, 15) is 4.79 Å². The van der Waals surface area contributed by atoms with Gasteiger partial charge in [0, 0.05) is 6.42 Å². The fraction of sp³-hybridized carbons (Fsp3) is 0.381. The minimum atomic E-state index is -0.583. The topological polar surface area (TPSA) is 56.8 Å². The van der Waals surface area contributed by atoms with Gasteiger partial charge in [0.25, 0.3) is 5.91 Å². The normalized spacial score (nSPS) is 15.5. The van der Waals surface area contributed by atoms with Crippen LogP contribution in [-0.4, -0.2) is 25.2 Å². The predicted molar refractivity (Wildman–Crippen MR) is 99.9 cm³/mol. The molecule has 0 saturated carbocycles. The Labute approximate surface area is 154 Å². The van der Waals surface area contributed by atoms with E-state index in [1.165, 1.54) is 0 Å². The lowest BCUT2D eigenvalue weighted by Crippen LogP contribution is -2.37. The fourth-order valence-electron chi connectivity index (χ4n) is 2.74. The first-order valence-corrected chi connectivity index (χ1v) is 8.96. The van der Waals surface area contributed by atoms with E-state index in [1.807, 2.05) is 56.3 Å². The third kappa shape index (κ3) is 4.48. The molecule has 2 unspecified atom stereocenters. The number of aryl methyl sites for hydroxylation is 1. The minimum Gasteiger partial charge on any atom is -0.490 e. The fourth-order valence-corrected chi connectivity index (χ4v) is 2.74. The zero-order valence-electron chi connectivity index (χ0n) is 15.5. The second-order valence-corrected chi connectivity index (χ2v) is 6.56. The van der Waals surface area contributed by atoms with Crippen LogP contribution in [0.5, 0.6) is 17.2 Å². The average molecular weight is 355 g/mol. The second kappa shape index (κ2) is 8.13. The monoisotopic (exact) mass is 355 g/mol. The van der Waals surface area contributed by atoms with Crippen molar-refractivity contribution in [3.8, 4) is 17.2 Å². The van der Waals surface area contributed by atoms with Crippen LogP contribution in [0, 0.1) is 6.92 Å². The lowest BCUT2D eigenvalue weighted by atomic mass is 10.1. The SMILES string of the molecule is Cc1ccc(OC(C)C(=O)NC(C)c2ccc3c(c2)OCCCO3)cc1. The maximum Gasteiger partial charge on any atom is 0.261 e. The minimum absolute atomic E-state index is 0.162. The quantitative estimate of drug-likeness (QED) is 0.886. The highest BCUT2D eigenvalue weighted by Crippen LogP contribution is 2.32. The van der Waals surface area contributed by atoms with Crippen LogP contribution < -0.4 is 19.5 Å². The van der Waals surface area contributed by atoms with Crippen molar-refractivity contribution in [1.82, 2.24) is 5.32 Å². The van der Waals surface area contributed by atoms with Crippen molar-refractivity contribution in [3.05, 3.63) is 53.6 Å². The van der Waals surface area contributed by atoms with Crippen LogP contribution in [0.3, 0.4) is 0 Å². The van der Waals surface area contributed by atoms with Gasteiger partial charge in [0.1, 0.15) is 5.75 Å². The van der Waals surface area contributed by atoms with Crippen molar-refractivity contribution >= 4 is 5.91 Å². The molecule has 5 nitrogen and oxygen atoms in total. The van der Waals surface area contributed by atoms with Crippen molar-refractivity contribution in [1.29, 1.82) is 0 Å². The molecule has 1 aliphatic heterocycles. The summed E-state index contributed by atoms with van der Waals surface area (Å²) in [7, 11) is 0. The molecule has 0 radical (unpaired) electrons. The summed E-state index contributed by atoms with van der Waals surface area (Å²) in [6.45, 7) is 6.99. The summed E-state index contributed by atoms with van der Waals surface area (Å²) in [4.78, 5) is 12.4. The molecule has 2 aromatic carbocycles. The highest BCUT2D eigenvalue weighted by molar-refractivity contribution is 5.81. The number of ether oxygens (including phenoxy) is 3. The van der Waals surface area contributed by atoms with E-state index in [-0.39, 0.29) is 11.9 Å². The zero-order valence-corrected chi connectivity index (χ0v) is 15.5. The molecule has 138 valence electrons. The number of benzene rings is 2. The van der Waals surface area contributed by atoms with Gasteiger partial charge >= 0.3 is 0 Å². The van der Waals surface area contributed by atoms with Crippen LogP contribution >= 0.6 is 0 Å². The molecule has 26 heavy (non-hydrogen) atoms. The number of carbonyl (C=O) groups excluding carboxylic acids is 1. The molecular formula is C21H25NO4. The van der Waals surface area contributed by atoms with Crippen molar-refractivity contribution in [2.45, 2.75) is 39.3 Å². The summed E-state index contributed by atoms with van der Waals surface area (Å²) in [5.41, 5.74) is 2.11. The predicted octanol–water partition coefficient (Wildman–Crippen LogP) is 3.80. The Balaban J connectivity index is 1.61. The van der Waals surface area contributed by atoms with E-state index in [0.717, 1.165) is 29.0 Å². The van der Waals surface area contributed by atoms with Crippen LogP contribution in [0.25, 0.3) is 0 Å². The van der Waals surface area contributed by atoms with Gasteiger partial charge < -0.3 is 19.5 Å². The molecule has 1 aliphatic rings. The molecule has 0 saturated heterocycles. The zero-order chi connectivity index (χ0) is 18.5. The van der Waals surface area contributed by atoms with Crippen molar-refractivity contribution in [2.24, 2.45) is 0 Å². The molecule has 0 fully saturated rings. The van der Waals surface area contributed by atoms with Crippen LogP contribution in [0.4, 0.5) is 0 Å². The lowest BCUT2D eigenvalue weighted by Gasteiger charge is -2.20. The molecule has 1 heterocycles. The molecule has 2 aromatic rings. The van der Waals surface area contributed by atoms with E-state index in [4.69, 9.17) is 14.2 Å². The van der Waals surface area contributed by atoms with Crippen LogP contribution in [0.2, 0.25) is 0 Å². The van der Waals surface area contributed by atoms with Gasteiger partial charge in [-0.1, -0.05) is 23.8 Å². The van der Waals surface area contributed by atoms with E-state index in [1.54, 1.807) is 6.92 Å². The molecule has 1 N–H and O–H groups in total. The summed E-state index contributed by atoms with van der Waals surface area (Å²) < 4.78 is 17.1. The Kier molecular flexibility index (Phi) is 5.66. The number of rotatable bonds is 5. The van der Waals surface area contributed by atoms with Gasteiger partial charge in [-0.15, -0.1) is 0 Å². The highest BCUT2D eigenvalue weighted by Gasteiger charge is 2.19. The van der Waals surface area contributed by atoms with Gasteiger partial charge in [0.15, 0.2) is 17.6 Å². The molecule has 2 atom stereocenters. The van der Waals surface area contributed by atoms with Gasteiger partial charge in [-0.25, -0.2) is 0 Å². The molecule has 3 rings (SSSR count). The van der Waals surface area contributed by atoms with Gasteiger partial charge in [-0.05, 0) is 50.6 Å². The Morgan fingerprint density at radius 3 is 2.46 bits per heavy atom. The van der Waals surface area contributed by atoms with Gasteiger partial charge in [0.05, 0.1) is 19.3 Å². The second-order valence-electron chi connectivity index (χ2n) is 6.56. The van der Waals surface area contributed by atoms with Gasteiger partial charge in [-0.3, -0.25) is 4.79 Å². The molecule has 0 aromatic heterocycles. The number of nitrogens with one attached hydrogen (secondary N) is 1. The smallest absolute Gasteiger partial charge is 0.261 e. The first kappa shape index (κ1) is 18.1. The van der Waals surface area contributed by atoms with E-state index >= 15 is 0 Å². The number of amides is 1.